The number of nitrogens with one attached hydrogen (secondary N) is 2. The van der Waals surface area contributed by atoms with Gasteiger partial charge < -0.3 is 15.2 Å². The highest BCUT2D eigenvalue weighted by Gasteiger charge is 2.34. The molecule has 0 aliphatic carbocycles. The molecule has 1 fully saturated rings. The van der Waals surface area contributed by atoms with Gasteiger partial charge in [0.05, 0.1) is 6.54 Å². The summed E-state index contributed by atoms with van der Waals surface area (Å²) in [6.45, 7) is 5.01. The van der Waals surface area contributed by atoms with E-state index in [4.69, 9.17) is 0 Å². The molecule has 1 saturated heterocycles. The summed E-state index contributed by atoms with van der Waals surface area (Å²) in [5.74, 6) is 0.909. The third-order valence-electron chi connectivity index (χ3n) is 3.95. The standard InChI is InChI=1S/C16H26F3N5.HI/c1-2-20-15(21-6-10-23-7-3-4-8-23)22-11-14-5-9-24(12-14)13-16(17,18)19;/h3-4,7-8,14H,2,5-6,9-13H2,1H3,(H2,20,21,22);1H. The van der Waals surface area contributed by atoms with Crippen molar-refractivity contribution in [1.29, 1.82) is 0 Å². The molecule has 5 nitrogen and oxygen atoms in total. The van der Waals surface area contributed by atoms with Crippen LogP contribution in [-0.2, 0) is 6.54 Å². The number of rotatable bonds is 7. The Labute approximate surface area is 164 Å². The lowest BCUT2D eigenvalue weighted by molar-refractivity contribution is -0.143. The molecule has 0 spiro atoms. The minimum atomic E-state index is -4.12. The third kappa shape index (κ3) is 8.80. The molecule has 2 rings (SSSR count). The van der Waals surface area contributed by atoms with Crippen molar-refractivity contribution in [3.8, 4) is 0 Å². The minimum absolute atomic E-state index is 0. The Balaban J connectivity index is 0.00000312. The molecular weight excluding hydrogens is 446 g/mol. The zero-order valence-electron chi connectivity index (χ0n) is 14.4. The topological polar surface area (TPSA) is 44.6 Å². The van der Waals surface area contributed by atoms with E-state index in [-0.39, 0.29) is 29.9 Å². The van der Waals surface area contributed by atoms with E-state index in [1.165, 1.54) is 4.90 Å². The highest BCUT2D eigenvalue weighted by atomic mass is 127. The lowest BCUT2D eigenvalue weighted by Gasteiger charge is -2.17. The van der Waals surface area contributed by atoms with Crippen LogP contribution in [0.25, 0.3) is 0 Å². The van der Waals surface area contributed by atoms with Gasteiger partial charge in [-0.1, -0.05) is 0 Å². The normalized spacial score (nSPS) is 18.9. The van der Waals surface area contributed by atoms with Gasteiger partial charge in [-0.3, -0.25) is 9.89 Å². The van der Waals surface area contributed by atoms with E-state index >= 15 is 0 Å². The average Bonchev–Trinajstić information content (AvgIpc) is 3.15. The largest absolute Gasteiger partial charge is 0.401 e. The maximum Gasteiger partial charge on any atom is 0.401 e. The first-order valence-electron chi connectivity index (χ1n) is 8.38. The smallest absolute Gasteiger partial charge is 0.357 e. The van der Waals surface area contributed by atoms with Crippen molar-refractivity contribution < 1.29 is 13.2 Å². The molecule has 1 aromatic rings. The Hall–Kier alpha value is -0.970. The molecule has 2 N–H and O–H groups in total. The Morgan fingerprint density at radius 1 is 1.24 bits per heavy atom. The first-order valence-corrected chi connectivity index (χ1v) is 8.38. The van der Waals surface area contributed by atoms with Gasteiger partial charge in [0.2, 0.25) is 0 Å². The molecule has 0 aromatic carbocycles. The van der Waals surface area contributed by atoms with E-state index in [1.807, 2.05) is 31.5 Å². The predicted molar refractivity (Wildman–Crippen MR) is 104 cm³/mol. The first-order chi connectivity index (χ1) is 11.5. The molecule has 0 bridgehead atoms. The quantitative estimate of drug-likeness (QED) is 0.364. The number of guanidine groups is 1. The monoisotopic (exact) mass is 473 g/mol. The molecule has 0 radical (unpaired) electrons. The Kier molecular flexibility index (Phi) is 9.62. The fourth-order valence-electron chi connectivity index (χ4n) is 2.84. The third-order valence-corrected chi connectivity index (χ3v) is 3.95. The van der Waals surface area contributed by atoms with Gasteiger partial charge in [0.15, 0.2) is 5.96 Å². The van der Waals surface area contributed by atoms with E-state index < -0.39 is 12.7 Å². The van der Waals surface area contributed by atoms with Crippen molar-refractivity contribution in [1.82, 2.24) is 20.1 Å². The molecule has 1 aromatic heterocycles. The second kappa shape index (κ2) is 10.9. The van der Waals surface area contributed by atoms with Gasteiger partial charge in [0, 0.05) is 45.1 Å². The lowest BCUT2D eigenvalue weighted by Crippen LogP contribution is -2.39. The Bertz CT molecular complexity index is 504. The van der Waals surface area contributed by atoms with Crippen molar-refractivity contribution in [2.45, 2.75) is 26.1 Å². The van der Waals surface area contributed by atoms with Crippen LogP contribution in [0.4, 0.5) is 13.2 Å². The minimum Gasteiger partial charge on any atom is -0.357 e. The number of halogens is 4. The van der Waals surface area contributed by atoms with E-state index in [0.717, 1.165) is 32.0 Å². The molecular formula is C16H27F3IN5. The van der Waals surface area contributed by atoms with Gasteiger partial charge in [0.1, 0.15) is 0 Å². The van der Waals surface area contributed by atoms with Gasteiger partial charge >= 0.3 is 6.18 Å². The summed E-state index contributed by atoms with van der Waals surface area (Å²) < 4.78 is 39.3. The Morgan fingerprint density at radius 3 is 2.60 bits per heavy atom. The zero-order valence-corrected chi connectivity index (χ0v) is 16.8. The van der Waals surface area contributed by atoms with Crippen LogP contribution in [0.2, 0.25) is 0 Å². The molecule has 1 aliphatic rings. The highest BCUT2D eigenvalue weighted by molar-refractivity contribution is 14.0. The van der Waals surface area contributed by atoms with Crippen molar-refractivity contribution >= 4 is 29.9 Å². The van der Waals surface area contributed by atoms with E-state index in [2.05, 4.69) is 20.2 Å². The molecule has 25 heavy (non-hydrogen) atoms. The number of hydrogen-bond donors (Lipinski definition) is 2. The number of aromatic nitrogens is 1. The van der Waals surface area contributed by atoms with E-state index in [1.54, 1.807) is 0 Å². The van der Waals surface area contributed by atoms with Crippen LogP contribution >= 0.6 is 24.0 Å². The summed E-state index contributed by atoms with van der Waals surface area (Å²) >= 11 is 0. The van der Waals surface area contributed by atoms with E-state index in [9.17, 15) is 13.2 Å². The summed E-state index contributed by atoms with van der Waals surface area (Å²) in [6, 6.07) is 3.96. The second-order valence-electron chi connectivity index (χ2n) is 6.07. The average molecular weight is 473 g/mol. The van der Waals surface area contributed by atoms with Crippen LogP contribution < -0.4 is 10.6 Å². The van der Waals surface area contributed by atoms with Crippen molar-refractivity contribution in [3.05, 3.63) is 24.5 Å². The second-order valence-corrected chi connectivity index (χ2v) is 6.07. The van der Waals surface area contributed by atoms with Gasteiger partial charge in [-0.05, 0) is 37.9 Å². The maximum absolute atomic E-state index is 12.4. The SMILES string of the molecule is CCNC(=NCC1CCN(CC(F)(F)F)C1)NCCn1cccc1.I. The van der Waals surface area contributed by atoms with Crippen molar-refractivity contribution in [2.75, 3.05) is 39.3 Å². The molecule has 144 valence electrons. The maximum atomic E-state index is 12.4. The van der Waals surface area contributed by atoms with Crippen molar-refractivity contribution in [3.63, 3.8) is 0 Å². The fourth-order valence-corrected chi connectivity index (χ4v) is 2.84. The van der Waals surface area contributed by atoms with Crippen molar-refractivity contribution in [2.24, 2.45) is 10.9 Å². The van der Waals surface area contributed by atoms with Gasteiger partial charge in [-0.2, -0.15) is 13.2 Å². The number of likely N-dealkylation sites (tertiary alicyclic amines) is 1. The van der Waals surface area contributed by atoms with Crippen LogP contribution in [0, 0.1) is 5.92 Å². The summed E-state index contributed by atoms with van der Waals surface area (Å²) in [6.07, 6.45) is 0.647. The molecule has 1 aliphatic heterocycles. The molecule has 2 heterocycles. The molecule has 1 atom stereocenters. The molecule has 9 heteroatoms. The Morgan fingerprint density at radius 2 is 1.96 bits per heavy atom. The summed E-state index contributed by atoms with van der Waals surface area (Å²) in [7, 11) is 0. The number of alkyl halides is 3. The van der Waals surface area contributed by atoms with Crippen LogP contribution in [0.3, 0.4) is 0 Å². The highest BCUT2D eigenvalue weighted by Crippen LogP contribution is 2.22. The number of aliphatic imine (C=N–C) groups is 1. The summed E-state index contributed by atoms with van der Waals surface area (Å²) in [4.78, 5) is 5.99. The molecule has 1 unspecified atom stereocenters. The van der Waals surface area contributed by atoms with E-state index in [0.29, 0.717) is 19.6 Å². The summed E-state index contributed by atoms with van der Waals surface area (Å²) in [5.41, 5.74) is 0. The predicted octanol–water partition coefficient (Wildman–Crippen LogP) is 2.55. The number of nitrogens with zero attached hydrogens (tertiary/aromatic N) is 3. The number of hydrogen-bond acceptors (Lipinski definition) is 2. The first kappa shape index (κ1) is 22.1. The van der Waals surface area contributed by atoms with Crippen LogP contribution in [0.5, 0.6) is 0 Å². The van der Waals surface area contributed by atoms with Gasteiger partial charge in [-0.15, -0.1) is 24.0 Å². The lowest BCUT2D eigenvalue weighted by atomic mass is 10.1. The van der Waals surface area contributed by atoms with Gasteiger partial charge in [-0.25, -0.2) is 0 Å². The summed E-state index contributed by atoms with van der Waals surface area (Å²) in [5, 5.41) is 6.43. The van der Waals surface area contributed by atoms with Gasteiger partial charge in [0.25, 0.3) is 0 Å². The van der Waals surface area contributed by atoms with Crippen LogP contribution in [0.15, 0.2) is 29.5 Å². The fraction of sp³-hybridized carbons (Fsp3) is 0.688. The van der Waals surface area contributed by atoms with Crippen LogP contribution in [0.1, 0.15) is 13.3 Å². The zero-order chi connectivity index (χ0) is 17.4. The molecule has 0 amide bonds. The molecule has 0 saturated carbocycles. The van der Waals surface area contributed by atoms with Crippen LogP contribution in [-0.4, -0.2) is 60.9 Å².